The van der Waals surface area contributed by atoms with E-state index >= 15 is 0 Å². The first-order valence-electron chi connectivity index (χ1n) is 7.32. The molecule has 2 N–H and O–H groups in total. The molecule has 120 valence electrons. The highest BCUT2D eigenvalue weighted by Crippen LogP contribution is 2.14. The highest BCUT2D eigenvalue weighted by atomic mass is 19.1. The molecule has 1 aromatic heterocycles. The second-order valence-electron chi connectivity index (χ2n) is 5.22. The summed E-state index contributed by atoms with van der Waals surface area (Å²) in [5.41, 5.74) is 3.06. The lowest BCUT2D eigenvalue weighted by Crippen LogP contribution is -2.18. The minimum absolute atomic E-state index is 0.0430. The fourth-order valence-electron chi connectivity index (χ4n) is 2.50. The highest BCUT2D eigenvalue weighted by molar-refractivity contribution is 5.24. The van der Waals surface area contributed by atoms with Crippen molar-refractivity contribution in [3.63, 3.8) is 0 Å². The van der Waals surface area contributed by atoms with Crippen LogP contribution in [0.3, 0.4) is 0 Å². The highest BCUT2D eigenvalue weighted by Gasteiger charge is 2.11. The van der Waals surface area contributed by atoms with Crippen molar-refractivity contribution in [1.82, 2.24) is 15.1 Å². The largest absolute Gasteiger partial charge is 0.394 e. The van der Waals surface area contributed by atoms with Crippen molar-refractivity contribution in [3.8, 4) is 0 Å². The number of halogens is 2. The summed E-state index contributed by atoms with van der Waals surface area (Å²) in [5, 5.41) is 16.5. The molecule has 0 radical (unpaired) electrons. The van der Waals surface area contributed by atoms with Crippen LogP contribution in [0.4, 0.5) is 8.78 Å². The van der Waals surface area contributed by atoms with Crippen LogP contribution in [0.15, 0.2) is 18.2 Å². The number of aryl methyl sites for hydroxylation is 1. The van der Waals surface area contributed by atoms with Crippen molar-refractivity contribution in [2.24, 2.45) is 0 Å². The molecule has 0 saturated heterocycles. The Morgan fingerprint density at radius 1 is 1.18 bits per heavy atom. The zero-order valence-corrected chi connectivity index (χ0v) is 12.9. The summed E-state index contributed by atoms with van der Waals surface area (Å²) in [6.07, 6.45) is 0.293. The number of nitrogens with zero attached hydrogens (tertiary/aromatic N) is 2. The van der Waals surface area contributed by atoms with E-state index in [1.807, 2.05) is 13.8 Å². The van der Waals surface area contributed by atoms with Crippen LogP contribution in [-0.2, 0) is 19.5 Å². The Hall–Kier alpha value is -1.79. The molecule has 0 spiro atoms. The Bertz CT molecular complexity index is 620. The number of aliphatic hydroxyl groups excluding tert-OH is 1. The van der Waals surface area contributed by atoms with Gasteiger partial charge in [-0.3, -0.25) is 4.68 Å². The summed E-state index contributed by atoms with van der Waals surface area (Å²) in [6.45, 7) is 5.42. The molecule has 22 heavy (non-hydrogen) atoms. The molecule has 0 aliphatic rings. The molecule has 4 nitrogen and oxygen atoms in total. The maximum Gasteiger partial charge on any atom is 0.129 e. The van der Waals surface area contributed by atoms with Gasteiger partial charge >= 0.3 is 0 Å². The zero-order chi connectivity index (χ0) is 16.1. The molecule has 2 aromatic rings. The summed E-state index contributed by atoms with van der Waals surface area (Å²) in [5.74, 6) is -1.02. The summed E-state index contributed by atoms with van der Waals surface area (Å²) < 4.78 is 28.8. The predicted octanol–water partition coefficient (Wildman–Crippen LogP) is 2.10. The van der Waals surface area contributed by atoms with Crippen LogP contribution in [0, 0.1) is 25.5 Å². The minimum atomic E-state index is -0.509. The van der Waals surface area contributed by atoms with Gasteiger partial charge in [0.15, 0.2) is 0 Å². The molecule has 2 rings (SSSR count). The van der Waals surface area contributed by atoms with E-state index in [4.69, 9.17) is 5.11 Å². The quantitative estimate of drug-likeness (QED) is 0.770. The van der Waals surface area contributed by atoms with Crippen molar-refractivity contribution >= 4 is 0 Å². The van der Waals surface area contributed by atoms with Gasteiger partial charge in [-0.25, -0.2) is 8.78 Å². The maximum absolute atomic E-state index is 13.5. The van der Waals surface area contributed by atoms with Gasteiger partial charge < -0.3 is 10.4 Å². The molecular formula is C16H21F2N3O. The van der Waals surface area contributed by atoms with E-state index in [0.29, 0.717) is 26.1 Å². The second-order valence-corrected chi connectivity index (χ2v) is 5.22. The molecule has 0 aliphatic heterocycles. The molecule has 0 unspecified atom stereocenters. The van der Waals surface area contributed by atoms with Crippen molar-refractivity contribution in [3.05, 3.63) is 52.3 Å². The number of nitrogens with one attached hydrogen (secondary N) is 1. The molecular weight excluding hydrogens is 288 g/mol. The van der Waals surface area contributed by atoms with Gasteiger partial charge in [0, 0.05) is 23.4 Å². The van der Waals surface area contributed by atoms with Gasteiger partial charge in [0.1, 0.15) is 11.6 Å². The number of benzene rings is 1. The third-order valence-corrected chi connectivity index (χ3v) is 3.76. The monoisotopic (exact) mass is 309 g/mol. The fourth-order valence-corrected chi connectivity index (χ4v) is 2.50. The standard InChI is InChI=1S/C16H21F2N3O/c1-11-14(12(2)21(20-11)8-9-22)10-19-7-6-13-15(17)4-3-5-16(13)18/h3-5,19,22H,6-10H2,1-2H3. The van der Waals surface area contributed by atoms with Crippen molar-refractivity contribution in [1.29, 1.82) is 0 Å². The first-order valence-corrected chi connectivity index (χ1v) is 7.32. The summed E-state index contributed by atoms with van der Waals surface area (Å²) in [6, 6.07) is 3.90. The SMILES string of the molecule is Cc1nn(CCO)c(C)c1CNCCc1c(F)cccc1F. The Morgan fingerprint density at radius 2 is 1.86 bits per heavy atom. The average molecular weight is 309 g/mol. The van der Waals surface area contributed by atoms with E-state index in [1.54, 1.807) is 4.68 Å². The van der Waals surface area contributed by atoms with E-state index in [-0.39, 0.29) is 12.2 Å². The van der Waals surface area contributed by atoms with Crippen LogP contribution in [0.25, 0.3) is 0 Å². The van der Waals surface area contributed by atoms with Crippen LogP contribution >= 0.6 is 0 Å². The lowest BCUT2D eigenvalue weighted by molar-refractivity contribution is 0.267. The minimum Gasteiger partial charge on any atom is -0.394 e. The first kappa shape index (κ1) is 16.6. The Morgan fingerprint density at radius 3 is 2.50 bits per heavy atom. The second kappa shape index (κ2) is 7.47. The Balaban J connectivity index is 1.92. The lowest BCUT2D eigenvalue weighted by Gasteiger charge is -2.08. The van der Waals surface area contributed by atoms with Crippen molar-refractivity contribution in [2.75, 3.05) is 13.2 Å². The molecule has 1 heterocycles. The number of hydrogen-bond donors (Lipinski definition) is 2. The van der Waals surface area contributed by atoms with Crippen LogP contribution in [0.1, 0.15) is 22.5 Å². The van der Waals surface area contributed by atoms with Gasteiger partial charge in [0.2, 0.25) is 0 Å². The Kier molecular flexibility index (Phi) is 5.63. The van der Waals surface area contributed by atoms with E-state index in [9.17, 15) is 8.78 Å². The van der Waals surface area contributed by atoms with E-state index in [0.717, 1.165) is 17.0 Å². The van der Waals surface area contributed by atoms with E-state index in [2.05, 4.69) is 10.4 Å². The molecule has 0 bridgehead atoms. The topological polar surface area (TPSA) is 50.1 Å². The van der Waals surface area contributed by atoms with Crippen LogP contribution in [0.5, 0.6) is 0 Å². The van der Waals surface area contributed by atoms with Gasteiger partial charge in [-0.15, -0.1) is 0 Å². The van der Waals surface area contributed by atoms with Crippen molar-refractivity contribution < 1.29 is 13.9 Å². The molecule has 0 saturated carbocycles. The zero-order valence-electron chi connectivity index (χ0n) is 12.9. The number of aromatic nitrogens is 2. The maximum atomic E-state index is 13.5. The van der Waals surface area contributed by atoms with Crippen LogP contribution in [-0.4, -0.2) is 28.0 Å². The van der Waals surface area contributed by atoms with Gasteiger partial charge in [0.05, 0.1) is 18.8 Å². The summed E-state index contributed by atoms with van der Waals surface area (Å²) >= 11 is 0. The van der Waals surface area contributed by atoms with Gasteiger partial charge in [-0.05, 0) is 38.9 Å². The molecule has 0 amide bonds. The number of aliphatic hydroxyl groups is 1. The first-order chi connectivity index (χ1) is 10.5. The van der Waals surface area contributed by atoms with E-state index < -0.39 is 11.6 Å². The summed E-state index contributed by atoms with van der Waals surface area (Å²) in [7, 11) is 0. The van der Waals surface area contributed by atoms with Crippen LogP contribution in [0.2, 0.25) is 0 Å². The number of rotatable bonds is 7. The summed E-state index contributed by atoms with van der Waals surface area (Å²) in [4.78, 5) is 0. The van der Waals surface area contributed by atoms with Crippen molar-refractivity contribution in [2.45, 2.75) is 33.4 Å². The van der Waals surface area contributed by atoms with Crippen LogP contribution < -0.4 is 5.32 Å². The number of hydrogen-bond acceptors (Lipinski definition) is 3. The lowest BCUT2D eigenvalue weighted by atomic mass is 10.1. The smallest absolute Gasteiger partial charge is 0.129 e. The molecule has 0 atom stereocenters. The fraction of sp³-hybridized carbons (Fsp3) is 0.438. The normalized spacial score (nSPS) is 11.1. The van der Waals surface area contributed by atoms with Gasteiger partial charge in [-0.2, -0.15) is 5.10 Å². The predicted molar refractivity (Wildman–Crippen MR) is 80.6 cm³/mol. The van der Waals surface area contributed by atoms with E-state index in [1.165, 1.54) is 18.2 Å². The molecule has 0 aliphatic carbocycles. The average Bonchev–Trinajstić information content (AvgIpc) is 2.73. The third-order valence-electron chi connectivity index (χ3n) is 3.76. The Labute approximate surface area is 128 Å². The van der Waals surface area contributed by atoms with Gasteiger partial charge in [-0.1, -0.05) is 6.07 Å². The molecule has 1 aromatic carbocycles. The molecule has 0 fully saturated rings. The molecule has 6 heteroatoms. The third kappa shape index (κ3) is 3.69. The van der Waals surface area contributed by atoms with Gasteiger partial charge in [0.25, 0.3) is 0 Å².